The predicted octanol–water partition coefficient (Wildman–Crippen LogP) is 2.01. The summed E-state index contributed by atoms with van der Waals surface area (Å²) in [5.41, 5.74) is 12.4. The molecule has 1 aromatic carbocycles. The van der Waals surface area contributed by atoms with Gasteiger partial charge >= 0.3 is 6.03 Å². The third-order valence-corrected chi connectivity index (χ3v) is 4.39. The van der Waals surface area contributed by atoms with E-state index in [1.807, 2.05) is 52.0 Å². The molecule has 0 aliphatic heterocycles. The lowest BCUT2D eigenvalue weighted by molar-refractivity contribution is -0.123. The van der Waals surface area contributed by atoms with Gasteiger partial charge in [-0.05, 0) is 30.9 Å². The molecule has 0 saturated carbocycles. The van der Waals surface area contributed by atoms with E-state index in [1.54, 1.807) is 0 Å². The molecule has 0 fully saturated rings. The van der Waals surface area contributed by atoms with Crippen LogP contribution >= 0.6 is 12.4 Å². The number of halogens is 1. The van der Waals surface area contributed by atoms with Gasteiger partial charge in [0.2, 0.25) is 5.91 Å². The maximum Gasteiger partial charge on any atom is 0.312 e. The Balaban J connectivity index is 0.00000529. The molecule has 0 aliphatic carbocycles. The number of amides is 3. The van der Waals surface area contributed by atoms with Crippen LogP contribution in [-0.2, 0) is 4.79 Å². The highest BCUT2D eigenvalue weighted by atomic mass is 35.5. The zero-order valence-corrected chi connectivity index (χ0v) is 15.6. The van der Waals surface area contributed by atoms with E-state index in [-0.39, 0.29) is 30.7 Å². The molecule has 1 aromatic rings. The van der Waals surface area contributed by atoms with Gasteiger partial charge in [0.25, 0.3) is 0 Å². The first-order chi connectivity index (χ1) is 10.7. The first-order valence-electron chi connectivity index (χ1n) is 7.82. The molecule has 0 aromatic heterocycles. The van der Waals surface area contributed by atoms with Crippen molar-refractivity contribution in [1.29, 1.82) is 0 Å². The SMILES string of the molecule is Cc1ccccc1C(CC(=O)NC(C)(CN)C(C)C)NC(N)=O.Cl. The fraction of sp³-hybridized carbons (Fsp3) is 0.529. The van der Waals surface area contributed by atoms with Crippen LogP contribution in [0.4, 0.5) is 4.79 Å². The molecule has 3 amide bonds. The molecule has 1 rings (SSSR count). The number of rotatable bonds is 7. The Morgan fingerprint density at radius 2 is 1.83 bits per heavy atom. The first kappa shape index (κ1) is 22.2. The molecule has 7 heteroatoms. The van der Waals surface area contributed by atoms with E-state index in [4.69, 9.17) is 11.5 Å². The zero-order valence-electron chi connectivity index (χ0n) is 14.8. The Morgan fingerprint density at radius 3 is 2.29 bits per heavy atom. The van der Waals surface area contributed by atoms with Crippen molar-refractivity contribution in [3.8, 4) is 0 Å². The molecule has 0 spiro atoms. The van der Waals surface area contributed by atoms with Crippen LogP contribution in [0, 0.1) is 12.8 Å². The molecule has 24 heavy (non-hydrogen) atoms. The van der Waals surface area contributed by atoms with E-state index in [9.17, 15) is 9.59 Å². The Kier molecular flexibility index (Phi) is 8.78. The summed E-state index contributed by atoms with van der Waals surface area (Å²) in [6, 6.07) is 6.47. The summed E-state index contributed by atoms with van der Waals surface area (Å²) in [6.07, 6.45) is 0.107. The van der Waals surface area contributed by atoms with Crippen LogP contribution in [0.1, 0.15) is 44.4 Å². The normalized spacial score (nSPS) is 14.2. The lowest BCUT2D eigenvalue weighted by Crippen LogP contribution is -2.55. The monoisotopic (exact) mass is 356 g/mol. The number of primary amides is 1. The number of urea groups is 1. The number of hydrogen-bond acceptors (Lipinski definition) is 3. The van der Waals surface area contributed by atoms with Crippen LogP contribution < -0.4 is 22.1 Å². The van der Waals surface area contributed by atoms with E-state index in [0.717, 1.165) is 11.1 Å². The summed E-state index contributed by atoms with van der Waals surface area (Å²) in [6.45, 7) is 8.21. The van der Waals surface area contributed by atoms with E-state index in [1.165, 1.54) is 0 Å². The van der Waals surface area contributed by atoms with Gasteiger partial charge in [0.1, 0.15) is 0 Å². The van der Waals surface area contributed by atoms with Crippen molar-refractivity contribution in [1.82, 2.24) is 10.6 Å². The second-order valence-corrected chi connectivity index (χ2v) is 6.45. The molecule has 0 bridgehead atoms. The number of nitrogens with one attached hydrogen (secondary N) is 2. The summed E-state index contributed by atoms with van der Waals surface area (Å²) < 4.78 is 0. The second-order valence-electron chi connectivity index (χ2n) is 6.45. The summed E-state index contributed by atoms with van der Waals surface area (Å²) in [4.78, 5) is 23.7. The van der Waals surface area contributed by atoms with Crippen LogP contribution in [-0.4, -0.2) is 24.0 Å². The van der Waals surface area contributed by atoms with Gasteiger partial charge in [0.15, 0.2) is 0 Å². The van der Waals surface area contributed by atoms with Gasteiger partial charge in [-0.1, -0.05) is 38.1 Å². The van der Waals surface area contributed by atoms with E-state index < -0.39 is 17.6 Å². The quantitative estimate of drug-likeness (QED) is 0.599. The van der Waals surface area contributed by atoms with Gasteiger partial charge < -0.3 is 22.1 Å². The molecule has 6 nitrogen and oxygen atoms in total. The van der Waals surface area contributed by atoms with Crippen LogP contribution in [0.25, 0.3) is 0 Å². The average Bonchev–Trinajstić information content (AvgIpc) is 2.46. The van der Waals surface area contributed by atoms with Crippen molar-refractivity contribution in [2.75, 3.05) is 6.54 Å². The van der Waals surface area contributed by atoms with Crippen molar-refractivity contribution in [3.05, 3.63) is 35.4 Å². The standard InChI is InChI=1S/C17H28N4O2.ClH/c1-11(2)17(4,10-18)21-15(22)9-14(20-16(19)23)13-8-6-5-7-12(13)3;/h5-8,11,14H,9-10,18H2,1-4H3,(H,21,22)(H3,19,20,23);1H. The lowest BCUT2D eigenvalue weighted by Gasteiger charge is -2.34. The van der Waals surface area contributed by atoms with Gasteiger partial charge in [0, 0.05) is 6.54 Å². The molecular weight excluding hydrogens is 328 g/mol. The van der Waals surface area contributed by atoms with E-state index >= 15 is 0 Å². The zero-order chi connectivity index (χ0) is 17.6. The van der Waals surface area contributed by atoms with Crippen LogP contribution in [0.15, 0.2) is 24.3 Å². The van der Waals surface area contributed by atoms with Crippen molar-refractivity contribution in [2.45, 2.75) is 45.7 Å². The summed E-state index contributed by atoms with van der Waals surface area (Å²) in [7, 11) is 0. The third kappa shape index (κ3) is 6.02. The van der Waals surface area contributed by atoms with Crippen molar-refractivity contribution < 1.29 is 9.59 Å². The van der Waals surface area contributed by atoms with Crippen LogP contribution in [0.3, 0.4) is 0 Å². The molecule has 2 atom stereocenters. The van der Waals surface area contributed by atoms with Crippen molar-refractivity contribution in [3.63, 3.8) is 0 Å². The Morgan fingerprint density at radius 1 is 1.25 bits per heavy atom. The van der Waals surface area contributed by atoms with Crippen LogP contribution in [0.2, 0.25) is 0 Å². The first-order valence-corrected chi connectivity index (χ1v) is 7.82. The average molecular weight is 357 g/mol. The Bertz CT molecular complexity index is 565. The smallest absolute Gasteiger partial charge is 0.312 e. The highest BCUT2D eigenvalue weighted by Gasteiger charge is 2.30. The van der Waals surface area contributed by atoms with Crippen LogP contribution in [0.5, 0.6) is 0 Å². The molecule has 136 valence electrons. The highest BCUT2D eigenvalue weighted by Crippen LogP contribution is 2.22. The highest BCUT2D eigenvalue weighted by molar-refractivity contribution is 5.85. The fourth-order valence-corrected chi connectivity index (χ4v) is 2.37. The van der Waals surface area contributed by atoms with Gasteiger partial charge in [-0.15, -0.1) is 12.4 Å². The molecular formula is C17H29ClN4O2. The number of nitrogens with two attached hydrogens (primary N) is 2. The van der Waals surface area contributed by atoms with Gasteiger partial charge in [-0.25, -0.2) is 4.79 Å². The predicted molar refractivity (Wildman–Crippen MR) is 98.9 cm³/mol. The van der Waals surface area contributed by atoms with Crippen molar-refractivity contribution >= 4 is 24.3 Å². The van der Waals surface area contributed by atoms with Crippen molar-refractivity contribution in [2.24, 2.45) is 17.4 Å². The minimum Gasteiger partial charge on any atom is -0.352 e. The molecule has 0 radical (unpaired) electrons. The number of carbonyl (C=O) groups excluding carboxylic acids is 2. The topological polar surface area (TPSA) is 110 Å². The number of carbonyl (C=O) groups is 2. The summed E-state index contributed by atoms with van der Waals surface area (Å²) >= 11 is 0. The fourth-order valence-electron chi connectivity index (χ4n) is 2.37. The second kappa shape index (κ2) is 9.49. The lowest BCUT2D eigenvalue weighted by atomic mass is 9.88. The third-order valence-electron chi connectivity index (χ3n) is 4.39. The molecule has 0 saturated heterocycles. The number of benzene rings is 1. The molecule has 2 unspecified atom stereocenters. The largest absolute Gasteiger partial charge is 0.352 e. The minimum atomic E-state index is -0.656. The molecule has 0 heterocycles. The van der Waals surface area contributed by atoms with E-state index in [2.05, 4.69) is 10.6 Å². The van der Waals surface area contributed by atoms with Gasteiger partial charge in [-0.2, -0.15) is 0 Å². The minimum absolute atomic E-state index is 0. The van der Waals surface area contributed by atoms with Gasteiger partial charge in [0.05, 0.1) is 18.0 Å². The van der Waals surface area contributed by atoms with Gasteiger partial charge in [-0.3, -0.25) is 4.79 Å². The maximum absolute atomic E-state index is 12.4. The Labute approximate surface area is 150 Å². The maximum atomic E-state index is 12.4. The Hall–Kier alpha value is -1.79. The number of aryl methyl sites for hydroxylation is 1. The number of hydrogen-bond donors (Lipinski definition) is 4. The van der Waals surface area contributed by atoms with E-state index in [0.29, 0.717) is 6.54 Å². The summed E-state index contributed by atoms with van der Waals surface area (Å²) in [5.74, 6) is 0.0196. The molecule has 6 N–H and O–H groups in total. The summed E-state index contributed by atoms with van der Waals surface area (Å²) in [5, 5.41) is 5.63. The molecule has 0 aliphatic rings.